The number of anilines is 1. The summed E-state index contributed by atoms with van der Waals surface area (Å²) in [4.78, 5) is 200. The molecule has 6 aliphatic rings. The molecule has 4 saturated heterocycles. The van der Waals surface area contributed by atoms with Gasteiger partial charge in [0.1, 0.15) is 83.5 Å². The lowest BCUT2D eigenvalue weighted by atomic mass is 9.77. The Morgan fingerprint density at radius 1 is 0.619 bits per heavy atom. The van der Waals surface area contributed by atoms with E-state index in [-0.39, 0.29) is 104 Å². The van der Waals surface area contributed by atoms with Gasteiger partial charge in [-0.15, -0.1) is 0 Å². The number of aliphatic hydroxyl groups excluding tert-OH is 1. The van der Waals surface area contributed by atoms with Crippen molar-refractivity contribution >= 4 is 112 Å². The normalized spacial score (nSPS) is 20.1. The fourth-order valence-corrected chi connectivity index (χ4v) is 15.2. The van der Waals surface area contributed by atoms with E-state index in [2.05, 4.69) is 42.4 Å². The first-order valence-corrected chi connectivity index (χ1v) is 37.7. The third-order valence-corrected chi connectivity index (χ3v) is 20.9. The minimum Gasteiger partial charge on any atom is -0.508 e. The van der Waals surface area contributed by atoms with Gasteiger partial charge in [-0.2, -0.15) is 0 Å². The zero-order valence-corrected chi connectivity index (χ0v) is 62.7. The number of carbonyl (C=O) groups excluding carboxylic acids is 11. The van der Waals surface area contributed by atoms with Gasteiger partial charge in [0.05, 0.1) is 24.4 Å². The molecule has 15 N–H and O–H groups in total. The van der Waals surface area contributed by atoms with Crippen LogP contribution in [0.2, 0.25) is 0 Å². The molecule has 36 nitrogen and oxygen atoms in total. The predicted octanol–water partition coefficient (Wildman–Crippen LogP) is 1.41. The van der Waals surface area contributed by atoms with Crippen LogP contribution in [0.5, 0.6) is 23.0 Å². The number of likely N-dealkylation sites (tertiary alicyclic amines) is 4. The van der Waals surface area contributed by atoms with Crippen LogP contribution in [0.4, 0.5) is 5.69 Å². The molecule has 6 aliphatic heterocycles. The van der Waals surface area contributed by atoms with Crippen LogP contribution in [-0.2, 0) is 77.5 Å². The summed E-state index contributed by atoms with van der Waals surface area (Å²) in [5.74, 6) is -12.9. The van der Waals surface area contributed by atoms with Crippen molar-refractivity contribution in [2.24, 2.45) is 10.9 Å². The molecule has 0 saturated carbocycles. The number of amides is 10. The average Bonchev–Trinajstić information content (AvgIpc) is 1.60. The van der Waals surface area contributed by atoms with Gasteiger partial charge in [0.2, 0.25) is 59.1 Å². The van der Waals surface area contributed by atoms with Crippen LogP contribution >= 0.6 is 12.2 Å². The van der Waals surface area contributed by atoms with Crippen molar-refractivity contribution in [2.75, 3.05) is 38.0 Å². The molecule has 4 aromatic rings. The highest BCUT2D eigenvalue weighted by atomic mass is 32.1. The number of phenolic OH excluding ortho intramolecular Hbond substituents is 2. The lowest BCUT2D eigenvalue weighted by molar-refractivity contribution is -0.151. The topological polar surface area (TPSA) is 524 Å². The van der Waals surface area contributed by atoms with E-state index in [4.69, 9.17) is 32.3 Å². The Balaban J connectivity index is 0.730. The summed E-state index contributed by atoms with van der Waals surface area (Å²) in [6.07, 6.45) is -2.03. The molecule has 11 atom stereocenters. The van der Waals surface area contributed by atoms with E-state index in [1.807, 2.05) is 0 Å². The van der Waals surface area contributed by atoms with Gasteiger partial charge < -0.3 is 108 Å². The number of rotatable bonds is 33. The number of unbranched alkanes of at least 4 members (excludes halogenated alkanes) is 1. The van der Waals surface area contributed by atoms with Crippen LogP contribution in [0.15, 0.2) is 90.1 Å². The number of hydrogen-bond donors (Lipinski definition) is 14. The van der Waals surface area contributed by atoms with Gasteiger partial charge >= 0.3 is 23.9 Å². The Hall–Kier alpha value is -12.0. The number of aliphatic hydroxyl groups is 1. The molecule has 604 valence electrons. The summed E-state index contributed by atoms with van der Waals surface area (Å²) < 4.78 is 12.2. The summed E-state index contributed by atoms with van der Waals surface area (Å²) >= 11 is 5.63. The number of phenols is 2. The van der Waals surface area contributed by atoms with E-state index in [0.29, 0.717) is 66.6 Å². The summed E-state index contributed by atoms with van der Waals surface area (Å²) in [6.45, 7) is 2.67. The molecule has 0 bridgehead atoms. The summed E-state index contributed by atoms with van der Waals surface area (Å²) in [6, 6.07) is 9.59. The Morgan fingerprint density at radius 3 is 1.83 bits per heavy atom. The number of carboxylic acid groups (broad SMARTS) is 3. The molecule has 4 fully saturated rings. The summed E-state index contributed by atoms with van der Waals surface area (Å²) in [5, 5.41) is 83.2. The van der Waals surface area contributed by atoms with Gasteiger partial charge in [-0.25, -0.2) is 4.79 Å². The third-order valence-electron chi connectivity index (χ3n) is 20.6. The number of nitrogens with zero attached hydrogens (tertiary/aromatic N) is 5. The van der Waals surface area contributed by atoms with Crippen LogP contribution in [0.3, 0.4) is 0 Å². The number of hydrogen-bond acceptors (Lipinski definition) is 22. The molecule has 10 amide bonds. The van der Waals surface area contributed by atoms with Crippen molar-refractivity contribution in [3.05, 3.63) is 113 Å². The van der Waals surface area contributed by atoms with Gasteiger partial charge in [-0.3, -0.25) is 62.3 Å². The number of nitrogens with two attached hydrogens (primary N) is 1. The molecule has 6 heterocycles. The average molecular weight is 1590 g/mol. The first kappa shape index (κ1) is 83.5. The molecule has 0 aromatic heterocycles. The minimum absolute atomic E-state index is 0.0227. The SMILES string of the molecule is C[C@H](NC(=O)[C@@H](NC(=O)[C@@H]1CCCN1C(=O)[C@H](CCC(=O)O)NC(=O)[C@@H]1CCCN1C(=O)CCCCNC(=S)Nc1ccc2c(c1)C1(OC2=O)c2ccc(O)cc2Oc2cc(O)ccc21)[C@@H](C)O)C(=O)N1CCCCC1C(=O)N1C[C@@H](O/N=C\c2ccccc2)C[C@H]1C(=O)N[C@@H](CCC(=O)O)C(=O)N[C@@H](CCC(=O)O)C(N)=O. The maximum Gasteiger partial charge on any atom is 0.340 e. The van der Waals surface area contributed by atoms with Gasteiger partial charge in [-0.05, 0) is 151 Å². The maximum absolute atomic E-state index is 15.0. The highest BCUT2D eigenvalue weighted by Crippen LogP contribution is 2.57. The third kappa shape index (κ3) is 20.2. The van der Waals surface area contributed by atoms with Gasteiger partial charge in [-0.1, -0.05) is 35.5 Å². The zero-order valence-electron chi connectivity index (χ0n) is 61.9. The maximum atomic E-state index is 15.0. The molecular weight excluding hydrogens is 1490 g/mol. The number of benzene rings is 4. The van der Waals surface area contributed by atoms with Crippen molar-refractivity contribution in [3.8, 4) is 23.0 Å². The van der Waals surface area contributed by atoms with Crippen LogP contribution in [0.25, 0.3) is 0 Å². The lowest BCUT2D eigenvalue weighted by Gasteiger charge is -2.39. The molecular formula is C76H91N13O23S. The quantitative estimate of drug-likeness (QED) is 0.0105. The molecule has 1 spiro atoms. The van der Waals surface area contributed by atoms with E-state index >= 15 is 0 Å². The standard InChI is InChI=1S/C76H91N13O23S/c1-40(71(106)88-31-9-7-14-56(88)73(108)89-39-46(112-79-38-42-12-4-3-5-13-42)37-57(89)69(104)83-52(25-28-62(96)97)66(101)82-51(65(77)100)24-27-61(94)95)80-70(105)64(41(2)90)85-68(103)55-16-11-33-87(55)72(107)53(26-29-63(98)99)84-67(102)54-15-10-32-86(54)60(93)17-6-8-30-78-75(113)81-43-18-21-47-50(34-43)76(111-74(47)109)48-22-19-44(91)35-58(48)110-59-36-45(92)20-23-49(59)76/h3-5,12-13,18-23,34-36,38,40-41,46,51-57,64,90-92H,6-11,14-17,24-33,37,39H2,1-2H3,(H2,77,100)(H,80,105)(H,82,101)(H,83,104)(H,84,102)(H,85,103)(H,94,95)(H,96,97)(H,98,99)(H2,78,81,113)/b79-38-/t40-,41+,46-,51-,52-,53-,54-,55-,56?,57-,64-/m0/s1. The van der Waals surface area contributed by atoms with Crippen molar-refractivity contribution in [1.82, 2.24) is 51.5 Å². The van der Waals surface area contributed by atoms with Crippen LogP contribution < -0.4 is 47.7 Å². The second-order valence-electron chi connectivity index (χ2n) is 28.6. The van der Waals surface area contributed by atoms with E-state index in [9.17, 15) is 97.8 Å². The Morgan fingerprint density at radius 2 is 1.19 bits per heavy atom. The van der Waals surface area contributed by atoms with E-state index in [1.54, 1.807) is 60.7 Å². The smallest absolute Gasteiger partial charge is 0.340 e. The number of nitrogens with one attached hydrogen (secondary N) is 7. The monoisotopic (exact) mass is 1590 g/mol. The molecule has 1 unspecified atom stereocenters. The van der Waals surface area contributed by atoms with Gasteiger partial charge in [0, 0.05) is 92.8 Å². The number of ether oxygens (including phenoxy) is 2. The predicted molar refractivity (Wildman–Crippen MR) is 401 cm³/mol. The van der Waals surface area contributed by atoms with Crippen molar-refractivity contribution in [3.63, 3.8) is 0 Å². The van der Waals surface area contributed by atoms with Crippen LogP contribution in [0, 0.1) is 0 Å². The van der Waals surface area contributed by atoms with Crippen molar-refractivity contribution < 1.29 is 112 Å². The van der Waals surface area contributed by atoms with Crippen molar-refractivity contribution in [1.29, 1.82) is 0 Å². The molecule has 0 aliphatic carbocycles. The number of carboxylic acids is 3. The fraction of sp³-hybridized carbons (Fsp3) is 0.474. The molecule has 113 heavy (non-hydrogen) atoms. The number of esters is 1. The zero-order chi connectivity index (χ0) is 81.5. The number of piperidine rings is 1. The molecule has 4 aromatic carbocycles. The molecule has 37 heteroatoms. The van der Waals surface area contributed by atoms with E-state index < -0.39 is 188 Å². The first-order valence-electron chi connectivity index (χ1n) is 37.3. The Labute approximate surface area is 652 Å². The largest absolute Gasteiger partial charge is 0.508 e. The van der Waals surface area contributed by atoms with Crippen LogP contribution in [0.1, 0.15) is 156 Å². The number of aliphatic carboxylic acids is 3. The number of oxime groups is 1. The Bertz CT molecular complexity index is 4320. The number of aromatic hydroxyl groups is 2. The second kappa shape index (κ2) is 37.3. The molecule has 0 radical (unpaired) electrons. The number of fused-ring (bicyclic) bond motifs is 6. The van der Waals surface area contributed by atoms with E-state index in [0.717, 1.165) is 9.80 Å². The van der Waals surface area contributed by atoms with E-state index in [1.165, 1.54) is 54.1 Å². The lowest BCUT2D eigenvalue weighted by Crippen LogP contribution is -2.62. The van der Waals surface area contributed by atoms with Crippen molar-refractivity contribution in [2.45, 2.75) is 195 Å². The highest BCUT2D eigenvalue weighted by Gasteiger charge is 2.55. The van der Waals surface area contributed by atoms with Gasteiger partial charge in [0.25, 0.3) is 0 Å². The van der Waals surface area contributed by atoms with Gasteiger partial charge in [0.15, 0.2) is 10.7 Å². The first-order chi connectivity index (χ1) is 53.9. The fourth-order valence-electron chi connectivity index (χ4n) is 15.0. The number of primary amides is 1. The molecule has 10 rings (SSSR count). The second-order valence-corrected chi connectivity index (χ2v) is 29.0. The minimum atomic E-state index is -1.76. The summed E-state index contributed by atoms with van der Waals surface area (Å²) in [5.41, 5.74) is 6.65. The summed E-state index contributed by atoms with van der Waals surface area (Å²) in [7, 11) is 0. The van der Waals surface area contributed by atoms with Crippen LogP contribution in [-0.4, -0.2) is 244 Å². The number of thiocarbonyl (C=S) groups is 1. The highest BCUT2D eigenvalue weighted by molar-refractivity contribution is 7.80. The number of carbonyl (C=O) groups is 14. The Kier molecular flexibility index (Phi) is 27.6.